The van der Waals surface area contributed by atoms with Crippen LogP contribution >= 0.6 is 0 Å². The maximum Gasteiger partial charge on any atom is 0.222 e. The number of hydrogen-bond acceptors (Lipinski definition) is 6. The molecule has 0 spiro atoms. The van der Waals surface area contributed by atoms with Gasteiger partial charge in [0, 0.05) is 50.8 Å². The summed E-state index contributed by atoms with van der Waals surface area (Å²) in [6.07, 6.45) is 0.769. The van der Waals surface area contributed by atoms with Gasteiger partial charge >= 0.3 is 0 Å². The van der Waals surface area contributed by atoms with Crippen LogP contribution in [0.1, 0.15) is 18.4 Å². The standard InChI is InChI=1S/C24H30F2N2O5/c1-30-21-8-6-17(23(31-2)24(21)32-3)16-27-10-12-28(13-11-27)22(29)5-4-14-33-20-9-7-18(25)15-19(20)26/h6-9,15H,4-5,10-14,16H2,1-3H3. The molecule has 0 N–H and O–H groups in total. The van der Waals surface area contributed by atoms with Gasteiger partial charge in [-0.25, -0.2) is 8.78 Å². The Morgan fingerprint density at radius 1 is 0.909 bits per heavy atom. The first-order valence-electron chi connectivity index (χ1n) is 10.8. The van der Waals surface area contributed by atoms with Crippen LogP contribution in [0, 0.1) is 11.6 Å². The lowest BCUT2D eigenvalue weighted by Crippen LogP contribution is -2.48. The Balaban J connectivity index is 1.44. The van der Waals surface area contributed by atoms with Gasteiger partial charge < -0.3 is 23.8 Å². The highest BCUT2D eigenvalue weighted by molar-refractivity contribution is 5.76. The monoisotopic (exact) mass is 464 g/mol. The second kappa shape index (κ2) is 11.7. The molecule has 1 amide bonds. The van der Waals surface area contributed by atoms with Crippen LogP contribution in [0.3, 0.4) is 0 Å². The Morgan fingerprint density at radius 2 is 1.61 bits per heavy atom. The molecule has 2 aromatic rings. The van der Waals surface area contributed by atoms with E-state index in [0.29, 0.717) is 49.7 Å². The number of ether oxygens (including phenoxy) is 4. The van der Waals surface area contributed by atoms with Crippen LogP contribution in [-0.2, 0) is 11.3 Å². The number of hydrogen-bond donors (Lipinski definition) is 0. The quantitative estimate of drug-likeness (QED) is 0.502. The molecule has 3 rings (SSSR count). The number of rotatable bonds is 10. The summed E-state index contributed by atoms with van der Waals surface area (Å²) < 4.78 is 48.2. The van der Waals surface area contributed by atoms with Gasteiger partial charge in [0.2, 0.25) is 11.7 Å². The minimum Gasteiger partial charge on any atom is -0.493 e. The van der Waals surface area contributed by atoms with Crippen molar-refractivity contribution in [3.05, 3.63) is 47.5 Å². The fourth-order valence-corrected chi connectivity index (χ4v) is 3.84. The third kappa shape index (κ3) is 6.25. The zero-order valence-electron chi connectivity index (χ0n) is 19.2. The highest BCUT2D eigenvalue weighted by atomic mass is 19.1. The van der Waals surface area contributed by atoms with Crippen molar-refractivity contribution in [1.29, 1.82) is 0 Å². The van der Waals surface area contributed by atoms with Crippen LogP contribution in [0.2, 0.25) is 0 Å². The molecule has 0 bridgehead atoms. The van der Waals surface area contributed by atoms with Crippen molar-refractivity contribution >= 4 is 5.91 Å². The molecule has 0 unspecified atom stereocenters. The second-order valence-corrected chi connectivity index (χ2v) is 7.68. The maximum atomic E-state index is 13.6. The van der Waals surface area contributed by atoms with Gasteiger partial charge in [-0.15, -0.1) is 0 Å². The number of halogens is 2. The van der Waals surface area contributed by atoms with Crippen LogP contribution < -0.4 is 18.9 Å². The molecule has 0 radical (unpaired) electrons. The topological polar surface area (TPSA) is 60.5 Å². The smallest absolute Gasteiger partial charge is 0.222 e. The first-order chi connectivity index (χ1) is 16.0. The van der Waals surface area contributed by atoms with Crippen LogP contribution in [0.15, 0.2) is 30.3 Å². The van der Waals surface area contributed by atoms with E-state index in [-0.39, 0.29) is 18.3 Å². The predicted octanol–water partition coefficient (Wildman–Crippen LogP) is 3.49. The molecule has 0 saturated carbocycles. The van der Waals surface area contributed by atoms with Crippen LogP contribution in [-0.4, -0.2) is 69.8 Å². The highest BCUT2D eigenvalue weighted by Crippen LogP contribution is 2.40. The van der Waals surface area contributed by atoms with Gasteiger partial charge in [0.25, 0.3) is 0 Å². The van der Waals surface area contributed by atoms with E-state index in [2.05, 4.69) is 4.90 Å². The first kappa shape index (κ1) is 24.6. The van der Waals surface area contributed by atoms with Gasteiger partial charge in [0.15, 0.2) is 23.1 Å². The molecule has 0 aliphatic carbocycles. The van der Waals surface area contributed by atoms with Gasteiger partial charge in [-0.1, -0.05) is 6.07 Å². The molecular formula is C24H30F2N2O5. The molecule has 0 atom stereocenters. The van der Waals surface area contributed by atoms with E-state index < -0.39 is 11.6 Å². The number of benzene rings is 2. The molecule has 1 saturated heterocycles. The van der Waals surface area contributed by atoms with Crippen LogP contribution in [0.5, 0.6) is 23.0 Å². The van der Waals surface area contributed by atoms with Crippen molar-refractivity contribution in [2.24, 2.45) is 0 Å². The number of carbonyl (C=O) groups excluding carboxylic acids is 1. The summed E-state index contributed by atoms with van der Waals surface area (Å²) in [5, 5.41) is 0. The molecule has 1 fully saturated rings. The predicted molar refractivity (Wildman–Crippen MR) is 119 cm³/mol. The number of nitrogens with zero attached hydrogens (tertiary/aromatic N) is 2. The number of amides is 1. The summed E-state index contributed by atoms with van der Waals surface area (Å²) in [5.74, 6) is 0.452. The number of piperazine rings is 1. The van der Waals surface area contributed by atoms with Crippen molar-refractivity contribution in [2.45, 2.75) is 19.4 Å². The van der Waals surface area contributed by atoms with Crippen molar-refractivity contribution in [3.63, 3.8) is 0 Å². The summed E-state index contributed by atoms with van der Waals surface area (Å²) in [7, 11) is 4.77. The Morgan fingerprint density at radius 3 is 2.24 bits per heavy atom. The third-order valence-corrected chi connectivity index (χ3v) is 5.59. The molecular weight excluding hydrogens is 434 g/mol. The lowest BCUT2D eigenvalue weighted by Gasteiger charge is -2.35. The average molecular weight is 465 g/mol. The second-order valence-electron chi connectivity index (χ2n) is 7.68. The minimum absolute atomic E-state index is 0.0111. The van der Waals surface area contributed by atoms with Gasteiger partial charge in [-0.3, -0.25) is 9.69 Å². The fraction of sp³-hybridized carbons (Fsp3) is 0.458. The SMILES string of the molecule is COc1ccc(CN2CCN(C(=O)CCCOc3ccc(F)cc3F)CC2)c(OC)c1OC. The van der Waals surface area contributed by atoms with Crippen molar-refractivity contribution in [1.82, 2.24) is 9.80 Å². The highest BCUT2D eigenvalue weighted by Gasteiger charge is 2.23. The van der Waals surface area contributed by atoms with E-state index in [0.717, 1.165) is 30.8 Å². The molecule has 180 valence electrons. The third-order valence-electron chi connectivity index (χ3n) is 5.59. The van der Waals surface area contributed by atoms with E-state index >= 15 is 0 Å². The Bertz CT molecular complexity index is 949. The largest absolute Gasteiger partial charge is 0.493 e. The zero-order chi connectivity index (χ0) is 23.8. The van der Waals surface area contributed by atoms with Gasteiger partial charge in [-0.05, 0) is 24.6 Å². The van der Waals surface area contributed by atoms with E-state index in [9.17, 15) is 13.6 Å². The van der Waals surface area contributed by atoms with E-state index in [1.807, 2.05) is 17.0 Å². The molecule has 2 aromatic carbocycles. The molecule has 1 heterocycles. The molecule has 33 heavy (non-hydrogen) atoms. The first-order valence-corrected chi connectivity index (χ1v) is 10.8. The van der Waals surface area contributed by atoms with Gasteiger partial charge in [0.05, 0.1) is 27.9 Å². The zero-order valence-corrected chi connectivity index (χ0v) is 19.2. The summed E-state index contributed by atoms with van der Waals surface area (Å²) in [6.45, 7) is 3.58. The lowest BCUT2D eigenvalue weighted by atomic mass is 10.1. The molecule has 1 aliphatic rings. The summed E-state index contributed by atoms with van der Waals surface area (Å²) >= 11 is 0. The van der Waals surface area contributed by atoms with E-state index in [1.54, 1.807) is 21.3 Å². The molecule has 0 aromatic heterocycles. The van der Waals surface area contributed by atoms with Crippen molar-refractivity contribution < 1.29 is 32.5 Å². The van der Waals surface area contributed by atoms with E-state index in [4.69, 9.17) is 18.9 Å². The molecule has 9 heteroatoms. The Hall–Kier alpha value is -3.07. The van der Waals surface area contributed by atoms with Crippen molar-refractivity contribution in [3.8, 4) is 23.0 Å². The minimum atomic E-state index is -0.747. The summed E-state index contributed by atoms with van der Waals surface area (Å²) in [4.78, 5) is 16.6. The molecule has 1 aliphatic heterocycles. The average Bonchev–Trinajstić information content (AvgIpc) is 2.82. The normalized spacial score (nSPS) is 14.2. The van der Waals surface area contributed by atoms with Crippen molar-refractivity contribution in [2.75, 3.05) is 54.1 Å². The summed E-state index contributed by atoms with van der Waals surface area (Å²) in [6, 6.07) is 6.98. The van der Waals surface area contributed by atoms with Gasteiger partial charge in [0.1, 0.15) is 5.82 Å². The Kier molecular flexibility index (Phi) is 8.71. The van der Waals surface area contributed by atoms with Gasteiger partial charge in [-0.2, -0.15) is 0 Å². The lowest BCUT2D eigenvalue weighted by molar-refractivity contribution is -0.133. The fourth-order valence-electron chi connectivity index (χ4n) is 3.84. The number of carbonyl (C=O) groups is 1. The maximum absolute atomic E-state index is 13.6. The summed E-state index contributed by atoms with van der Waals surface area (Å²) in [5.41, 5.74) is 0.986. The molecule has 7 nitrogen and oxygen atoms in total. The van der Waals surface area contributed by atoms with Crippen LogP contribution in [0.25, 0.3) is 0 Å². The number of methoxy groups -OCH3 is 3. The van der Waals surface area contributed by atoms with Crippen LogP contribution in [0.4, 0.5) is 8.78 Å². The van der Waals surface area contributed by atoms with E-state index in [1.165, 1.54) is 6.07 Å². The Labute approximate surface area is 192 Å².